The molecule has 124 valence electrons. The van der Waals surface area contributed by atoms with Gasteiger partial charge in [-0.2, -0.15) is 5.10 Å². The Balaban J connectivity index is 1.41. The highest BCUT2D eigenvalue weighted by Gasteiger charge is 2.25. The SMILES string of the molecule is Cc1ccn(CCN2CCC([C@H](O)Cc3ccccc3)CC2)n1. The van der Waals surface area contributed by atoms with Gasteiger partial charge in [0, 0.05) is 12.7 Å². The van der Waals surface area contributed by atoms with Gasteiger partial charge in [0.15, 0.2) is 0 Å². The minimum atomic E-state index is -0.215. The van der Waals surface area contributed by atoms with Crippen LogP contribution in [0.25, 0.3) is 0 Å². The number of aliphatic hydroxyl groups excluding tert-OH is 1. The van der Waals surface area contributed by atoms with Gasteiger partial charge in [-0.05, 0) is 56.8 Å². The molecule has 0 aliphatic carbocycles. The van der Waals surface area contributed by atoms with E-state index in [1.807, 2.05) is 42.1 Å². The summed E-state index contributed by atoms with van der Waals surface area (Å²) in [7, 11) is 0. The van der Waals surface area contributed by atoms with Crippen LogP contribution in [0, 0.1) is 12.8 Å². The summed E-state index contributed by atoms with van der Waals surface area (Å²) in [5, 5.41) is 14.9. The van der Waals surface area contributed by atoms with Crippen LogP contribution in [0.3, 0.4) is 0 Å². The molecular formula is C19H27N3O. The average Bonchev–Trinajstić information content (AvgIpc) is 3.00. The van der Waals surface area contributed by atoms with Gasteiger partial charge in [-0.15, -0.1) is 0 Å². The van der Waals surface area contributed by atoms with Crippen molar-refractivity contribution in [2.75, 3.05) is 19.6 Å². The van der Waals surface area contributed by atoms with E-state index < -0.39 is 0 Å². The summed E-state index contributed by atoms with van der Waals surface area (Å²) in [6.07, 6.45) is 4.79. The Bertz CT molecular complexity index is 588. The maximum atomic E-state index is 10.5. The fraction of sp³-hybridized carbons (Fsp3) is 0.526. The largest absolute Gasteiger partial charge is 0.392 e. The first-order valence-electron chi connectivity index (χ1n) is 8.65. The molecule has 3 rings (SSSR count). The van der Waals surface area contributed by atoms with Crippen LogP contribution in [0.4, 0.5) is 0 Å². The van der Waals surface area contributed by atoms with Crippen LogP contribution in [0.15, 0.2) is 42.6 Å². The molecule has 0 bridgehead atoms. The van der Waals surface area contributed by atoms with Crippen molar-refractivity contribution in [3.63, 3.8) is 0 Å². The number of aliphatic hydroxyl groups is 1. The summed E-state index contributed by atoms with van der Waals surface area (Å²) >= 11 is 0. The Kier molecular flexibility index (Phi) is 5.47. The van der Waals surface area contributed by atoms with Gasteiger partial charge in [-0.1, -0.05) is 30.3 Å². The third kappa shape index (κ3) is 4.66. The molecule has 4 nitrogen and oxygen atoms in total. The highest BCUT2D eigenvalue weighted by Crippen LogP contribution is 2.23. The highest BCUT2D eigenvalue weighted by molar-refractivity contribution is 5.15. The Hall–Kier alpha value is -1.65. The zero-order chi connectivity index (χ0) is 16.1. The quantitative estimate of drug-likeness (QED) is 0.891. The van der Waals surface area contributed by atoms with Crippen molar-refractivity contribution in [3.8, 4) is 0 Å². The number of rotatable bonds is 6. The molecule has 1 aliphatic heterocycles. The maximum absolute atomic E-state index is 10.5. The molecular weight excluding hydrogens is 286 g/mol. The molecule has 1 aromatic carbocycles. The zero-order valence-electron chi connectivity index (χ0n) is 13.9. The standard InChI is InChI=1S/C19H27N3O/c1-16-7-12-22(20-16)14-13-21-10-8-18(9-11-21)19(23)15-17-5-3-2-4-6-17/h2-7,12,18-19,23H,8-11,13-15H2,1H3/t19-/m1/s1. The van der Waals surface area contributed by atoms with E-state index in [4.69, 9.17) is 0 Å². The van der Waals surface area contributed by atoms with Crippen LogP contribution in [0.1, 0.15) is 24.1 Å². The number of likely N-dealkylation sites (tertiary alicyclic amines) is 1. The molecule has 1 saturated heterocycles. The predicted molar refractivity (Wildman–Crippen MR) is 92.3 cm³/mol. The minimum absolute atomic E-state index is 0.215. The monoisotopic (exact) mass is 313 g/mol. The normalized spacial score (nSPS) is 18.2. The van der Waals surface area contributed by atoms with Gasteiger partial charge in [0.2, 0.25) is 0 Å². The molecule has 1 aromatic heterocycles. The van der Waals surface area contributed by atoms with Gasteiger partial charge in [0.1, 0.15) is 0 Å². The van der Waals surface area contributed by atoms with E-state index in [0.29, 0.717) is 5.92 Å². The number of benzene rings is 1. The zero-order valence-corrected chi connectivity index (χ0v) is 13.9. The van der Waals surface area contributed by atoms with Crippen molar-refractivity contribution in [3.05, 3.63) is 53.9 Å². The predicted octanol–water partition coefficient (Wildman–Crippen LogP) is 2.51. The van der Waals surface area contributed by atoms with Crippen LogP contribution < -0.4 is 0 Å². The van der Waals surface area contributed by atoms with Gasteiger partial charge in [0.05, 0.1) is 18.3 Å². The van der Waals surface area contributed by atoms with Gasteiger partial charge in [0.25, 0.3) is 0 Å². The Morgan fingerprint density at radius 1 is 1.13 bits per heavy atom. The second kappa shape index (κ2) is 7.75. The molecule has 0 saturated carbocycles. The van der Waals surface area contributed by atoms with Crippen LogP contribution in [-0.2, 0) is 13.0 Å². The van der Waals surface area contributed by atoms with Gasteiger partial charge < -0.3 is 10.0 Å². The summed E-state index contributed by atoms with van der Waals surface area (Å²) in [5.41, 5.74) is 2.31. The molecule has 1 atom stereocenters. The first-order valence-corrected chi connectivity index (χ1v) is 8.65. The van der Waals surface area contributed by atoms with Gasteiger partial charge in [-0.3, -0.25) is 4.68 Å². The van der Waals surface area contributed by atoms with Crippen molar-refractivity contribution in [2.45, 2.75) is 38.8 Å². The van der Waals surface area contributed by atoms with E-state index in [0.717, 1.165) is 51.1 Å². The van der Waals surface area contributed by atoms with Crippen molar-refractivity contribution in [1.82, 2.24) is 14.7 Å². The summed E-state index contributed by atoms with van der Waals surface area (Å²) in [4.78, 5) is 2.49. The van der Waals surface area contributed by atoms with Crippen molar-refractivity contribution < 1.29 is 5.11 Å². The molecule has 4 heteroatoms. The molecule has 0 unspecified atom stereocenters. The number of piperidine rings is 1. The number of hydrogen-bond acceptors (Lipinski definition) is 3. The first-order chi connectivity index (χ1) is 11.2. The van der Waals surface area contributed by atoms with E-state index in [1.54, 1.807) is 0 Å². The fourth-order valence-electron chi connectivity index (χ4n) is 3.42. The topological polar surface area (TPSA) is 41.3 Å². The van der Waals surface area contributed by atoms with Crippen LogP contribution in [0.2, 0.25) is 0 Å². The van der Waals surface area contributed by atoms with E-state index in [2.05, 4.69) is 22.1 Å². The molecule has 2 aromatic rings. The van der Waals surface area contributed by atoms with Crippen molar-refractivity contribution >= 4 is 0 Å². The summed E-state index contributed by atoms with van der Waals surface area (Å²) in [5.74, 6) is 0.429. The third-order valence-corrected chi connectivity index (χ3v) is 4.88. The third-order valence-electron chi connectivity index (χ3n) is 4.88. The van der Waals surface area contributed by atoms with Crippen molar-refractivity contribution in [2.24, 2.45) is 5.92 Å². The molecule has 23 heavy (non-hydrogen) atoms. The Morgan fingerprint density at radius 2 is 1.87 bits per heavy atom. The first kappa shape index (κ1) is 16.2. The number of aryl methyl sites for hydroxylation is 1. The van der Waals surface area contributed by atoms with Gasteiger partial charge in [-0.25, -0.2) is 0 Å². The van der Waals surface area contributed by atoms with Crippen LogP contribution in [0.5, 0.6) is 0 Å². The second-order valence-corrected chi connectivity index (χ2v) is 6.66. The maximum Gasteiger partial charge on any atom is 0.0609 e. The van der Waals surface area contributed by atoms with E-state index in [1.165, 1.54) is 5.56 Å². The van der Waals surface area contributed by atoms with E-state index in [-0.39, 0.29) is 6.10 Å². The lowest BCUT2D eigenvalue weighted by Crippen LogP contribution is -2.39. The fourth-order valence-corrected chi connectivity index (χ4v) is 3.42. The highest BCUT2D eigenvalue weighted by atomic mass is 16.3. The van der Waals surface area contributed by atoms with Crippen LogP contribution in [-0.4, -0.2) is 45.5 Å². The number of hydrogen-bond donors (Lipinski definition) is 1. The van der Waals surface area contributed by atoms with E-state index in [9.17, 15) is 5.11 Å². The summed E-state index contributed by atoms with van der Waals surface area (Å²) in [6.45, 7) is 6.18. The Morgan fingerprint density at radius 3 is 2.52 bits per heavy atom. The van der Waals surface area contributed by atoms with Crippen LogP contribution >= 0.6 is 0 Å². The molecule has 0 radical (unpaired) electrons. The molecule has 1 N–H and O–H groups in total. The average molecular weight is 313 g/mol. The molecule has 1 fully saturated rings. The lowest BCUT2D eigenvalue weighted by molar-refractivity contribution is 0.0585. The smallest absolute Gasteiger partial charge is 0.0609 e. The van der Waals surface area contributed by atoms with Gasteiger partial charge >= 0.3 is 0 Å². The Labute approximate surface area is 138 Å². The summed E-state index contributed by atoms with van der Waals surface area (Å²) in [6, 6.07) is 12.4. The molecule has 1 aliphatic rings. The second-order valence-electron chi connectivity index (χ2n) is 6.66. The lowest BCUT2D eigenvalue weighted by Gasteiger charge is -2.34. The minimum Gasteiger partial charge on any atom is -0.392 e. The number of aromatic nitrogens is 2. The van der Waals surface area contributed by atoms with E-state index >= 15 is 0 Å². The van der Waals surface area contributed by atoms with Crippen molar-refractivity contribution in [1.29, 1.82) is 0 Å². The lowest BCUT2D eigenvalue weighted by atomic mass is 9.88. The molecule has 0 spiro atoms. The molecule has 2 heterocycles. The molecule has 0 amide bonds. The number of nitrogens with zero attached hydrogens (tertiary/aromatic N) is 3. The summed E-state index contributed by atoms with van der Waals surface area (Å²) < 4.78 is 2.02.